The molecule has 2 N–H and O–H groups in total. The number of sulfonamides is 1. The third-order valence-corrected chi connectivity index (χ3v) is 5.67. The van der Waals surface area contributed by atoms with Gasteiger partial charge in [-0.3, -0.25) is 0 Å². The Morgan fingerprint density at radius 1 is 1.27 bits per heavy atom. The molecule has 0 radical (unpaired) electrons. The smallest absolute Gasteiger partial charge is 0.214 e. The van der Waals surface area contributed by atoms with Gasteiger partial charge in [0.05, 0.1) is 12.4 Å². The molecule has 126 valence electrons. The van der Waals surface area contributed by atoms with E-state index in [0.29, 0.717) is 39.3 Å². The van der Waals surface area contributed by atoms with E-state index >= 15 is 0 Å². The molecule has 1 aliphatic rings. The normalized spacial score (nSPS) is 18.4. The van der Waals surface area contributed by atoms with Gasteiger partial charge in [-0.05, 0) is 30.9 Å². The van der Waals surface area contributed by atoms with Crippen molar-refractivity contribution in [3.8, 4) is 0 Å². The predicted molar refractivity (Wildman–Crippen MR) is 90.5 cm³/mol. The Labute approximate surface area is 139 Å². The van der Waals surface area contributed by atoms with Gasteiger partial charge in [0, 0.05) is 19.7 Å². The van der Waals surface area contributed by atoms with Crippen molar-refractivity contribution < 1.29 is 13.2 Å². The summed E-state index contributed by atoms with van der Waals surface area (Å²) < 4.78 is 32.1. The van der Waals surface area contributed by atoms with Crippen LogP contribution in [0.2, 0.25) is 0 Å². The van der Waals surface area contributed by atoms with Gasteiger partial charge in [0.1, 0.15) is 0 Å². The first-order valence-electron chi connectivity index (χ1n) is 7.41. The second-order valence-electron chi connectivity index (χ2n) is 5.47. The Bertz CT molecular complexity index is 519. The molecular weight excluding hydrogens is 324 g/mol. The average molecular weight is 349 g/mol. The lowest BCUT2D eigenvalue weighted by Gasteiger charge is -2.23. The molecule has 1 saturated heterocycles. The lowest BCUT2D eigenvalue weighted by atomic mass is 10.2. The van der Waals surface area contributed by atoms with Crippen LogP contribution in [0.5, 0.6) is 0 Å². The fourth-order valence-electron chi connectivity index (χ4n) is 2.49. The zero-order valence-electron chi connectivity index (χ0n) is 12.7. The lowest BCUT2D eigenvalue weighted by molar-refractivity contribution is 0.188. The Hall–Kier alpha value is -0.660. The van der Waals surface area contributed by atoms with E-state index < -0.39 is 10.0 Å². The molecule has 22 heavy (non-hydrogen) atoms. The fraction of sp³-hybridized carbons (Fsp3) is 0.600. The third-order valence-electron chi connectivity index (χ3n) is 3.68. The fourth-order valence-corrected chi connectivity index (χ4v) is 4.31. The number of nitrogens with zero attached hydrogens (tertiary/aromatic N) is 1. The van der Waals surface area contributed by atoms with E-state index in [4.69, 9.17) is 10.5 Å². The van der Waals surface area contributed by atoms with Crippen LogP contribution in [0.1, 0.15) is 18.4 Å². The lowest BCUT2D eigenvalue weighted by Crippen LogP contribution is -2.36. The summed E-state index contributed by atoms with van der Waals surface area (Å²) in [5, 5.41) is 0. The average Bonchev–Trinajstić information content (AvgIpc) is 2.96. The van der Waals surface area contributed by atoms with Gasteiger partial charge in [-0.1, -0.05) is 30.3 Å². The minimum atomic E-state index is -3.28. The molecule has 1 aliphatic heterocycles. The van der Waals surface area contributed by atoms with Crippen LogP contribution in [0.15, 0.2) is 30.3 Å². The zero-order valence-corrected chi connectivity index (χ0v) is 14.3. The molecule has 1 aromatic rings. The zero-order chi connectivity index (χ0) is 15.1. The van der Waals surface area contributed by atoms with Gasteiger partial charge in [-0.2, -0.15) is 4.31 Å². The Morgan fingerprint density at radius 3 is 2.59 bits per heavy atom. The first kappa shape index (κ1) is 19.4. The van der Waals surface area contributed by atoms with E-state index in [1.165, 1.54) is 0 Å². The minimum absolute atomic E-state index is 0. The Morgan fingerprint density at radius 2 is 2.00 bits per heavy atom. The molecule has 1 fully saturated rings. The molecule has 5 nitrogen and oxygen atoms in total. The minimum Gasteiger partial charge on any atom is -0.381 e. The summed E-state index contributed by atoms with van der Waals surface area (Å²) in [6.45, 7) is 2.60. The van der Waals surface area contributed by atoms with E-state index in [9.17, 15) is 8.42 Å². The second-order valence-corrected chi connectivity index (χ2v) is 7.48. The Balaban J connectivity index is 0.00000242. The van der Waals surface area contributed by atoms with Crippen LogP contribution in [0.3, 0.4) is 0 Å². The highest BCUT2D eigenvalue weighted by molar-refractivity contribution is 7.89. The van der Waals surface area contributed by atoms with Crippen LogP contribution >= 0.6 is 12.4 Å². The number of halogens is 1. The van der Waals surface area contributed by atoms with Crippen LogP contribution in [-0.2, 0) is 21.3 Å². The van der Waals surface area contributed by atoms with E-state index in [-0.39, 0.29) is 24.1 Å². The van der Waals surface area contributed by atoms with Gasteiger partial charge in [0.2, 0.25) is 10.0 Å². The van der Waals surface area contributed by atoms with Crippen LogP contribution in [0, 0.1) is 5.92 Å². The van der Waals surface area contributed by atoms with E-state index in [1.807, 2.05) is 30.3 Å². The molecule has 1 heterocycles. The van der Waals surface area contributed by atoms with Crippen molar-refractivity contribution in [1.82, 2.24) is 4.31 Å². The van der Waals surface area contributed by atoms with Gasteiger partial charge in [-0.15, -0.1) is 12.4 Å². The number of hydrogen-bond acceptors (Lipinski definition) is 4. The predicted octanol–water partition coefficient (Wildman–Crippen LogP) is 1.63. The molecule has 1 atom stereocenters. The quantitative estimate of drug-likeness (QED) is 0.775. The maximum Gasteiger partial charge on any atom is 0.214 e. The monoisotopic (exact) mass is 348 g/mol. The van der Waals surface area contributed by atoms with Crippen molar-refractivity contribution in [2.45, 2.75) is 19.4 Å². The number of benzene rings is 1. The largest absolute Gasteiger partial charge is 0.381 e. The topological polar surface area (TPSA) is 72.6 Å². The summed E-state index contributed by atoms with van der Waals surface area (Å²) >= 11 is 0. The van der Waals surface area contributed by atoms with Crippen molar-refractivity contribution in [2.24, 2.45) is 11.7 Å². The first-order chi connectivity index (χ1) is 10.1. The van der Waals surface area contributed by atoms with Crippen molar-refractivity contribution in [1.29, 1.82) is 0 Å². The maximum absolute atomic E-state index is 12.6. The summed E-state index contributed by atoms with van der Waals surface area (Å²) in [4.78, 5) is 0. The molecule has 7 heteroatoms. The first-order valence-corrected chi connectivity index (χ1v) is 9.02. The van der Waals surface area contributed by atoms with Gasteiger partial charge < -0.3 is 10.5 Å². The van der Waals surface area contributed by atoms with Crippen LogP contribution in [0.25, 0.3) is 0 Å². The molecule has 0 saturated carbocycles. The number of rotatable bonds is 8. The van der Waals surface area contributed by atoms with Crippen molar-refractivity contribution >= 4 is 22.4 Å². The summed E-state index contributed by atoms with van der Waals surface area (Å²) in [7, 11) is -3.28. The van der Waals surface area contributed by atoms with Crippen LogP contribution < -0.4 is 5.73 Å². The summed E-state index contributed by atoms with van der Waals surface area (Å²) in [5.41, 5.74) is 6.54. The highest BCUT2D eigenvalue weighted by atomic mass is 35.5. The Kier molecular flexibility index (Phi) is 8.35. The van der Waals surface area contributed by atoms with E-state index in [1.54, 1.807) is 4.31 Å². The number of ether oxygens (including phenoxy) is 1. The molecule has 1 aromatic carbocycles. The van der Waals surface area contributed by atoms with Gasteiger partial charge >= 0.3 is 0 Å². The van der Waals surface area contributed by atoms with Crippen molar-refractivity contribution in [3.05, 3.63) is 35.9 Å². The van der Waals surface area contributed by atoms with Crippen LogP contribution in [0.4, 0.5) is 0 Å². The highest BCUT2D eigenvalue weighted by Crippen LogP contribution is 2.18. The molecule has 0 bridgehead atoms. The standard InChI is InChI=1S/C15H24N2O3S.ClH/c16-8-4-9-17(11-14-5-2-1-3-6-14)21(18,19)13-15-7-10-20-12-15;/h1-3,5-6,15H,4,7-13,16H2;1H. The number of nitrogens with two attached hydrogens (primary N) is 1. The second kappa shape index (κ2) is 9.47. The number of hydrogen-bond donors (Lipinski definition) is 1. The highest BCUT2D eigenvalue weighted by Gasteiger charge is 2.28. The summed E-state index contributed by atoms with van der Waals surface area (Å²) in [6.07, 6.45) is 1.50. The van der Waals surface area contributed by atoms with Crippen LogP contribution in [-0.4, -0.2) is 44.8 Å². The SMILES string of the molecule is Cl.NCCCN(Cc1ccccc1)S(=O)(=O)CC1CCOC1. The molecule has 0 aliphatic carbocycles. The molecule has 0 spiro atoms. The molecule has 1 unspecified atom stereocenters. The molecule has 2 rings (SSSR count). The van der Waals surface area contributed by atoms with Gasteiger partial charge in [-0.25, -0.2) is 8.42 Å². The van der Waals surface area contributed by atoms with Gasteiger partial charge in [0.15, 0.2) is 0 Å². The van der Waals surface area contributed by atoms with E-state index in [2.05, 4.69) is 0 Å². The van der Waals surface area contributed by atoms with Crippen molar-refractivity contribution in [3.63, 3.8) is 0 Å². The van der Waals surface area contributed by atoms with Gasteiger partial charge in [0.25, 0.3) is 0 Å². The van der Waals surface area contributed by atoms with Crippen molar-refractivity contribution in [2.75, 3.05) is 32.1 Å². The summed E-state index contributed by atoms with van der Waals surface area (Å²) in [5.74, 6) is 0.288. The molecule has 0 aromatic heterocycles. The summed E-state index contributed by atoms with van der Waals surface area (Å²) in [6, 6.07) is 9.67. The third kappa shape index (κ3) is 5.85. The van der Waals surface area contributed by atoms with E-state index in [0.717, 1.165) is 12.0 Å². The molecular formula is C15H25ClN2O3S. The maximum atomic E-state index is 12.6. The molecule has 0 amide bonds.